The molecule has 2 rings (SSSR count). The first-order valence-corrected chi connectivity index (χ1v) is 12.9. The van der Waals surface area contributed by atoms with E-state index in [1.54, 1.807) is 0 Å². The third-order valence-electron chi connectivity index (χ3n) is 5.93. The lowest BCUT2D eigenvalue weighted by Gasteiger charge is -2.23. The van der Waals surface area contributed by atoms with Crippen LogP contribution in [-0.4, -0.2) is 5.91 Å². The molecule has 2 aromatic rings. The molecule has 2 aromatic carbocycles. The molecule has 0 N–H and O–H groups in total. The first kappa shape index (κ1) is 25.9. The molecule has 0 aromatic heterocycles. The van der Waals surface area contributed by atoms with Crippen LogP contribution >= 0.6 is 0 Å². The molecule has 0 aliphatic rings. The van der Waals surface area contributed by atoms with Gasteiger partial charge < -0.3 is 0 Å². The van der Waals surface area contributed by atoms with Gasteiger partial charge >= 0.3 is 0 Å². The van der Waals surface area contributed by atoms with Crippen LogP contribution in [-0.2, 0) is 4.79 Å². The summed E-state index contributed by atoms with van der Waals surface area (Å²) in [5.41, 5.74) is 1.88. The van der Waals surface area contributed by atoms with Crippen molar-refractivity contribution in [1.82, 2.24) is 0 Å². The Morgan fingerprint density at radius 1 is 0.625 bits per heavy atom. The van der Waals surface area contributed by atoms with Crippen molar-refractivity contribution >= 4 is 17.3 Å². The molecule has 2 heteroatoms. The van der Waals surface area contributed by atoms with Crippen LogP contribution in [0.2, 0.25) is 0 Å². The highest BCUT2D eigenvalue weighted by Gasteiger charge is 2.16. The van der Waals surface area contributed by atoms with E-state index >= 15 is 0 Å². The van der Waals surface area contributed by atoms with Crippen LogP contribution in [0.5, 0.6) is 0 Å². The minimum Gasteiger partial charge on any atom is -0.281 e. The molecule has 0 aliphatic carbocycles. The van der Waals surface area contributed by atoms with Gasteiger partial charge in [0.05, 0.1) is 0 Å². The molecule has 0 bridgehead atoms. The van der Waals surface area contributed by atoms with Gasteiger partial charge in [0.25, 0.3) is 0 Å². The van der Waals surface area contributed by atoms with Gasteiger partial charge in [-0.3, -0.25) is 9.69 Å². The minimum atomic E-state index is 0.181. The van der Waals surface area contributed by atoms with Gasteiger partial charge in [0.1, 0.15) is 0 Å². The summed E-state index contributed by atoms with van der Waals surface area (Å²) in [6, 6.07) is 19.9. The van der Waals surface area contributed by atoms with Crippen molar-refractivity contribution in [1.29, 1.82) is 0 Å². The number of nitrogens with zero attached hydrogens (tertiary/aromatic N) is 1. The zero-order valence-electron chi connectivity index (χ0n) is 20.2. The van der Waals surface area contributed by atoms with Crippen molar-refractivity contribution in [2.24, 2.45) is 0 Å². The quantitative estimate of drug-likeness (QED) is 0.180. The average molecular weight is 434 g/mol. The lowest BCUT2D eigenvalue weighted by molar-refractivity contribution is -0.118. The summed E-state index contributed by atoms with van der Waals surface area (Å²) in [6.45, 7) is 2.27. The molecule has 0 fully saturated rings. The van der Waals surface area contributed by atoms with Crippen LogP contribution in [0.15, 0.2) is 72.8 Å². The van der Waals surface area contributed by atoms with Gasteiger partial charge in [0.2, 0.25) is 5.91 Å². The summed E-state index contributed by atoms with van der Waals surface area (Å²) in [5, 5.41) is 0. The van der Waals surface area contributed by atoms with Crippen LogP contribution in [0.25, 0.3) is 0 Å². The van der Waals surface area contributed by atoms with Gasteiger partial charge in [-0.2, -0.15) is 0 Å². The first-order valence-electron chi connectivity index (χ1n) is 12.9. The lowest BCUT2D eigenvalue weighted by atomic mass is 10.1. The third-order valence-corrected chi connectivity index (χ3v) is 5.93. The third kappa shape index (κ3) is 10.8. The SMILES string of the molecule is CCCCCCCC/C=C\CCCCCCCC(=O)N(c1ccccc1)c1ccccc1. The highest BCUT2D eigenvalue weighted by Crippen LogP contribution is 2.26. The number of rotatable bonds is 17. The Morgan fingerprint density at radius 3 is 1.56 bits per heavy atom. The molecule has 0 saturated heterocycles. The molecular formula is C30H43NO. The Hall–Kier alpha value is -2.35. The van der Waals surface area contributed by atoms with Crippen molar-refractivity contribution in [3.8, 4) is 0 Å². The summed E-state index contributed by atoms with van der Waals surface area (Å²) in [4.78, 5) is 14.9. The molecule has 1 amide bonds. The van der Waals surface area contributed by atoms with E-state index in [1.807, 2.05) is 65.6 Å². The van der Waals surface area contributed by atoms with Crippen LogP contribution < -0.4 is 4.90 Å². The predicted octanol–water partition coefficient (Wildman–Crippen LogP) is 9.39. The van der Waals surface area contributed by atoms with Crippen molar-refractivity contribution in [2.45, 2.75) is 96.8 Å². The average Bonchev–Trinajstić information content (AvgIpc) is 2.83. The molecule has 2 nitrogen and oxygen atoms in total. The zero-order chi connectivity index (χ0) is 22.7. The largest absolute Gasteiger partial charge is 0.281 e. The van der Waals surface area contributed by atoms with Crippen LogP contribution in [0.1, 0.15) is 96.8 Å². The van der Waals surface area contributed by atoms with Gasteiger partial charge in [0, 0.05) is 17.8 Å². The van der Waals surface area contributed by atoms with E-state index < -0.39 is 0 Å². The Bertz CT molecular complexity index is 698. The standard InChI is InChI=1S/C30H43NO/c1-2-3-4-5-6-7-8-9-10-11-12-13-14-15-22-27-30(32)31(28-23-18-16-19-24-28)29-25-20-17-21-26-29/h9-10,16-21,23-26H,2-8,11-15,22,27H2,1H3/b10-9-. The van der Waals surface area contributed by atoms with Gasteiger partial charge in [-0.05, 0) is 56.4 Å². The number of carbonyl (C=O) groups excluding carboxylic acids is 1. The highest BCUT2D eigenvalue weighted by atomic mass is 16.2. The van der Waals surface area contributed by atoms with Crippen molar-refractivity contribution in [3.05, 3.63) is 72.8 Å². The maximum atomic E-state index is 13.0. The number of para-hydroxylation sites is 2. The second-order valence-electron chi connectivity index (χ2n) is 8.73. The van der Waals surface area contributed by atoms with Crippen molar-refractivity contribution in [2.75, 3.05) is 4.90 Å². The maximum Gasteiger partial charge on any atom is 0.231 e. The van der Waals surface area contributed by atoms with Gasteiger partial charge in [-0.15, -0.1) is 0 Å². The van der Waals surface area contributed by atoms with E-state index in [0.717, 1.165) is 24.2 Å². The molecule has 0 aliphatic heterocycles. The fourth-order valence-electron chi connectivity index (χ4n) is 4.05. The molecule has 0 atom stereocenters. The first-order chi connectivity index (χ1) is 15.8. The zero-order valence-corrected chi connectivity index (χ0v) is 20.2. The topological polar surface area (TPSA) is 20.3 Å². The Balaban J connectivity index is 1.57. The van der Waals surface area contributed by atoms with Gasteiger partial charge in [0.15, 0.2) is 0 Å². The Kier molecular flexibility index (Phi) is 14.0. The summed E-state index contributed by atoms with van der Waals surface area (Å²) >= 11 is 0. The number of carbonyl (C=O) groups is 1. The number of hydrogen-bond acceptors (Lipinski definition) is 1. The number of hydrogen-bond donors (Lipinski definition) is 0. The molecule has 174 valence electrons. The Morgan fingerprint density at radius 2 is 1.06 bits per heavy atom. The van der Waals surface area contributed by atoms with E-state index in [0.29, 0.717) is 6.42 Å². The van der Waals surface area contributed by atoms with Gasteiger partial charge in [-0.25, -0.2) is 0 Å². The number of unbranched alkanes of at least 4 members (excludes halogenated alkanes) is 11. The van der Waals surface area contributed by atoms with E-state index in [1.165, 1.54) is 70.6 Å². The molecular weight excluding hydrogens is 390 g/mol. The van der Waals surface area contributed by atoms with Crippen LogP contribution in [0, 0.1) is 0 Å². The second kappa shape index (κ2) is 17.2. The summed E-state index contributed by atoms with van der Waals surface area (Å²) in [5.74, 6) is 0.181. The van der Waals surface area contributed by atoms with E-state index in [9.17, 15) is 4.79 Å². The van der Waals surface area contributed by atoms with E-state index in [4.69, 9.17) is 0 Å². The van der Waals surface area contributed by atoms with Gasteiger partial charge in [-0.1, -0.05) is 107 Å². The summed E-state index contributed by atoms with van der Waals surface area (Å²) in [6.07, 6.45) is 21.9. The van der Waals surface area contributed by atoms with E-state index in [-0.39, 0.29) is 5.91 Å². The number of anilines is 2. The fraction of sp³-hybridized carbons (Fsp3) is 0.500. The predicted molar refractivity (Wildman–Crippen MR) is 139 cm³/mol. The highest BCUT2D eigenvalue weighted by molar-refractivity contribution is 6.00. The minimum absolute atomic E-state index is 0.181. The molecule has 0 saturated carbocycles. The monoisotopic (exact) mass is 433 g/mol. The lowest BCUT2D eigenvalue weighted by Crippen LogP contribution is -2.25. The Labute approximate surface area is 196 Å². The molecule has 32 heavy (non-hydrogen) atoms. The normalized spacial score (nSPS) is 11.2. The van der Waals surface area contributed by atoms with Crippen molar-refractivity contribution in [3.63, 3.8) is 0 Å². The molecule has 0 radical (unpaired) electrons. The number of amides is 1. The maximum absolute atomic E-state index is 13.0. The fourth-order valence-corrected chi connectivity index (χ4v) is 4.05. The number of allylic oxidation sites excluding steroid dienone is 2. The van der Waals surface area contributed by atoms with Crippen LogP contribution in [0.4, 0.5) is 11.4 Å². The molecule has 0 spiro atoms. The molecule has 0 unspecified atom stereocenters. The van der Waals surface area contributed by atoms with Crippen molar-refractivity contribution < 1.29 is 4.79 Å². The van der Waals surface area contributed by atoms with E-state index in [2.05, 4.69) is 19.1 Å². The molecule has 0 heterocycles. The number of benzene rings is 2. The second-order valence-corrected chi connectivity index (χ2v) is 8.73. The summed E-state index contributed by atoms with van der Waals surface area (Å²) < 4.78 is 0. The summed E-state index contributed by atoms with van der Waals surface area (Å²) in [7, 11) is 0. The van der Waals surface area contributed by atoms with Crippen LogP contribution in [0.3, 0.4) is 0 Å². The smallest absolute Gasteiger partial charge is 0.231 e.